The Labute approximate surface area is 133 Å². The second-order valence-corrected chi connectivity index (χ2v) is 6.81. The number of carboxylic acids is 1. The van der Waals surface area contributed by atoms with Gasteiger partial charge in [-0.15, -0.1) is 0 Å². The van der Waals surface area contributed by atoms with Crippen LogP contribution in [0, 0.1) is 11.2 Å². The number of benzene rings is 1. The van der Waals surface area contributed by atoms with Crippen LogP contribution >= 0.6 is 15.9 Å². The van der Waals surface area contributed by atoms with E-state index in [1.807, 2.05) is 19.9 Å². The molecule has 2 atom stereocenters. The van der Waals surface area contributed by atoms with Gasteiger partial charge in [0, 0.05) is 22.6 Å². The van der Waals surface area contributed by atoms with Crippen LogP contribution in [0.25, 0.3) is 0 Å². The number of hydrogen-bond donors (Lipinski definition) is 1. The molecule has 0 aliphatic carbocycles. The van der Waals surface area contributed by atoms with E-state index in [0.29, 0.717) is 36.0 Å². The monoisotopic (exact) mass is 357 g/mol. The van der Waals surface area contributed by atoms with E-state index >= 15 is 0 Å². The maximum Gasteiger partial charge on any atom is 0.310 e. The van der Waals surface area contributed by atoms with Crippen LogP contribution in [0.1, 0.15) is 44.7 Å². The van der Waals surface area contributed by atoms with Gasteiger partial charge in [-0.25, -0.2) is 4.39 Å². The summed E-state index contributed by atoms with van der Waals surface area (Å²) in [6.07, 6.45) is 2.16. The molecule has 2 unspecified atom stereocenters. The Bertz CT molecular complexity index is 537. The smallest absolute Gasteiger partial charge is 0.310 e. The lowest BCUT2D eigenvalue weighted by Gasteiger charge is -2.28. The summed E-state index contributed by atoms with van der Waals surface area (Å²) < 4.78 is 14.8. The number of hydrogen-bond acceptors (Lipinski definition) is 2. The van der Waals surface area contributed by atoms with Gasteiger partial charge in [0.1, 0.15) is 5.82 Å². The molecule has 0 aromatic heterocycles. The standard InChI is InChI=1S/C16H21BrFNO2/c1-3-6-16(15(20)21)7-8-19(10-16)11(2)13-5-4-12(17)9-14(13)18/h4-5,9,11H,3,6-8,10H2,1-2H3,(H,20,21). The molecular formula is C16H21BrFNO2. The van der Waals surface area contributed by atoms with Gasteiger partial charge in [-0.05, 0) is 38.4 Å². The topological polar surface area (TPSA) is 40.5 Å². The van der Waals surface area contributed by atoms with E-state index in [1.54, 1.807) is 6.07 Å². The van der Waals surface area contributed by atoms with Crippen molar-refractivity contribution in [3.05, 3.63) is 34.1 Å². The van der Waals surface area contributed by atoms with Crippen molar-refractivity contribution < 1.29 is 14.3 Å². The summed E-state index contributed by atoms with van der Waals surface area (Å²) in [6.45, 7) is 5.14. The normalized spacial score (nSPS) is 24.2. The molecule has 1 heterocycles. The Morgan fingerprint density at radius 2 is 2.29 bits per heavy atom. The summed E-state index contributed by atoms with van der Waals surface area (Å²) >= 11 is 3.26. The maximum atomic E-state index is 14.1. The SMILES string of the molecule is CCCC1(C(=O)O)CCN(C(C)c2ccc(Br)cc2F)C1. The molecule has 2 rings (SSSR count). The lowest BCUT2D eigenvalue weighted by molar-refractivity contribution is -0.148. The summed E-state index contributed by atoms with van der Waals surface area (Å²) in [7, 11) is 0. The third-order valence-corrected chi connectivity index (χ3v) is 5.02. The highest BCUT2D eigenvalue weighted by molar-refractivity contribution is 9.10. The van der Waals surface area contributed by atoms with Crippen molar-refractivity contribution in [3.8, 4) is 0 Å². The van der Waals surface area contributed by atoms with Gasteiger partial charge in [0.15, 0.2) is 0 Å². The second kappa shape index (κ2) is 6.44. The molecule has 116 valence electrons. The molecule has 5 heteroatoms. The lowest BCUT2D eigenvalue weighted by Crippen LogP contribution is -2.35. The van der Waals surface area contributed by atoms with Crippen LogP contribution in [0.15, 0.2) is 22.7 Å². The number of carbonyl (C=O) groups is 1. The molecule has 1 fully saturated rings. The van der Waals surface area contributed by atoms with E-state index in [2.05, 4.69) is 20.8 Å². The predicted octanol–water partition coefficient (Wildman–Crippen LogP) is 4.23. The van der Waals surface area contributed by atoms with Crippen LogP contribution in [0.3, 0.4) is 0 Å². The first-order chi connectivity index (χ1) is 9.89. The fourth-order valence-electron chi connectivity index (χ4n) is 3.24. The van der Waals surface area contributed by atoms with E-state index < -0.39 is 11.4 Å². The lowest BCUT2D eigenvalue weighted by atomic mass is 9.82. The summed E-state index contributed by atoms with van der Waals surface area (Å²) in [4.78, 5) is 13.7. The third-order valence-electron chi connectivity index (χ3n) is 4.53. The molecule has 0 spiro atoms. The van der Waals surface area contributed by atoms with Gasteiger partial charge < -0.3 is 5.11 Å². The van der Waals surface area contributed by atoms with E-state index in [1.165, 1.54) is 6.07 Å². The molecule has 0 saturated carbocycles. The first-order valence-corrected chi connectivity index (χ1v) is 8.11. The number of carboxylic acid groups (broad SMARTS) is 1. The summed E-state index contributed by atoms with van der Waals surface area (Å²) in [5.41, 5.74) is -0.0506. The first kappa shape index (κ1) is 16.4. The minimum absolute atomic E-state index is 0.115. The molecule has 21 heavy (non-hydrogen) atoms. The fraction of sp³-hybridized carbons (Fsp3) is 0.562. The first-order valence-electron chi connectivity index (χ1n) is 7.32. The van der Waals surface area contributed by atoms with Crippen LogP contribution in [-0.4, -0.2) is 29.1 Å². The number of nitrogens with zero attached hydrogens (tertiary/aromatic N) is 1. The summed E-state index contributed by atoms with van der Waals surface area (Å²) in [5, 5.41) is 9.55. The Balaban J connectivity index is 2.18. The molecule has 1 aliphatic heterocycles. The molecule has 1 saturated heterocycles. The van der Waals surface area contributed by atoms with Crippen LogP contribution in [-0.2, 0) is 4.79 Å². The maximum absolute atomic E-state index is 14.1. The van der Waals surface area contributed by atoms with Gasteiger partial charge in [0.05, 0.1) is 5.41 Å². The third kappa shape index (κ3) is 3.29. The van der Waals surface area contributed by atoms with Crippen LogP contribution in [0.5, 0.6) is 0 Å². The molecular weight excluding hydrogens is 337 g/mol. The minimum atomic E-state index is -0.727. The summed E-state index contributed by atoms with van der Waals surface area (Å²) in [6, 6.07) is 4.93. The van der Waals surface area contributed by atoms with Gasteiger partial charge in [0.25, 0.3) is 0 Å². The Morgan fingerprint density at radius 1 is 1.57 bits per heavy atom. The molecule has 0 bridgehead atoms. The Morgan fingerprint density at radius 3 is 2.86 bits per heavy atom. The molecule has 1 aliphatic rings. The van der Waals surface area contributed by atoms with Crippen molar-refractivity contribution in [1.82, 2.24) is 4.90 Å². The van der Waals surface area contributed by atoms with Crippen molar-refractivity contribution in [2.24, 2.45) is 5.41 Å². The average molecular weight is 358 g/mol. The predicted molar refractivity (Wildman–Crippen MR) is 83.7 cm³/mol. The Hall–Kier alpha value is -0.940. The quantitative estimate of drug-likeness (QED) is 0.857. The van der Waals surface area contributed by atoms with Crippen molar-refractivity contribution in [2.75, 3.05) is 13.1 Å². The van der Waals surface area contributed by atoms with Crippen LogP contribution in [0.2, 0.25) is 0 Å². The van der Waals surface area contributed by atoms with Crippen LogP contribution in [0.4, 0.5) is 4.39 Å². The highest BCUT2D eigenvalue weighted by atomic mass is 79.9. The second-order valence-electron chi connectivity index (χ2n) is 5.90. The largest absolute Gasteiger partial charge is 0.481 e. The Kier molecular flexibility index (Phi) is 5.04. The summed E-state index contributed by atoms with van der Waals surface area (Å²) in [5.74, 6) is -0.976. The molecule has 0 amide bonds. The van der Waals surface area contributed by atoms with E-state index in [-0.39, 0.29) is 11.9 Å². The minimum Gasteiger partial charge on any atom is -0.481 e. The zero-order valence-corrected chi connectivity index (χ0v) is 14.0. The highest BCUT2D eigenvalue weighted by Gasteiger charge is 2.45. The molecule has 1 N–H and O–H groups in total. The van der Waals surface area contributed by atoms with Gasteiger partial charge >= 0.3 is 5.97 Å². The number of likely N-dealkylation sites (tertiary alicyclic amines) is 1. The molecule has 3 nitrogen and oxygen atoms in total. The van der Waals surface area contributed by atoms with Crippen molar-refractivity contribution >= 4 is 21.9 Å². The van der Waals surface area contributed by atoms with Gasteiger partial charge in [-0.2, -0.15) is 0 Å². The van der Waals surface area contributed by atoms with E-state index in [0.717, 1.165) is 6.42 Å². The van der Waals surface area contributed by atoms with Crippen molar-refractivity contribution in [1.29, 1.82) is 0 Å². The van der Waals surface area contributed by atoms with Crippen molar-refractivity contribution in [2.45, 2.75) is 39.2 Å². The zero-order chi connectivity index (χ0) is 15.6. The van der Waals surface area contributed by atoms with E-state index in [4.69, 9.17) is 0 Å². The molecule has 1 aromatic rings. The average Bonchev–Trinajstić information content (AvgIpc) is 2.84. The van der Waals surface area contributed by atoms with Crippen molar-refractivity contribution in [3.63, 3.8) is 0 Å². The highest BCUT2D eigenvalue weighted by Crippen LogP contribution is 2.39. The number of rotatable bonds is 5. The van der Waals surface area contributed by atoms with Crippen LogP contribution < -0.4 is 0 Å². The van der Waals surface area contributed by atoms with E-state index in [9.17, 15) is 14.3 Å². The van der Waals surface area contributed by atoms with Gasteiger partial charge in [-0.3, -0.25) is 9.69 Å². The molecule has 0 radical (unpaired) electrons. The molecule has 1 aromatic carbocycles. The zero-order valence-electron chi connectivity index (χ0n) is 12.4. The number of halogens is 2. The number of aliphatic carboxylic acids is 1. The van der Waals surface area contributed by atoms with Gasteiger partial charge in [-0.1, -0.05) is 35.3 Å². The van der Waals surface area contributed by atoms with Gasteiger partial charge in [0.2, 0.25) is 0 Å². The fourth-order valence-corrected chi connectivity index (χ4v) is 3.57.